The number of aliphatic hydroxyl groups excluding tert-OH is 1. The quantitative estimate of drug-likeness (QED) is 0.382. The van der Waals surface area contributed by atoms with Crippen molar-refractivity contribution < 1.29 is 9.94 Å². The van der Waals surface area contributed by atoms with Crippen LogP contribution in [-0.2, 0) is 4.84 Å². The summed E-state index contributed by atoms with van der Waals surface area (Å²) in [6, 6.07) is 0. The Morgan fingerprint density at radius 1 is 0.900 bits per heavy atom. The van der Waals surface area contributed by atoms with Gasteiger partial charge in [-0.2, -0.15) is 19.6 Å². The molecule has 0 aromatic heterocycles. The van der Waals surface area contributed by atoms with Gasteiger partial charge in [0, 0.05) is 17.3 Å². The second kappa shape index (κ2) is 10.3. The standard InChI is InChI=1S/C19H25N5O6/c1-19(2,15-3-11(7-21-26)17(25)12(4-15)8-22-27)16-5-13(9-23-28)18(30-20)14(6-16)10-24-29/h3-6,11,13,17-18,25H,7-10,20H2,1-2H3. The molecule has 2 aliphatic rings. The number of allylic oxidation sites excluding steroid dienone is 4. The van der Waals surface area contributed by atoms with Crippen LogP contribution in [0.2, 0.25) is 0 Å². The van der Waals surface area contributed by atoms with Crippen molar-refractivity contribution >= 4 is 0 Å². The molecule has 162 valence electrons. The lowest BCUT2D eigenvalue weighted by Gasteiger charge is -2.37. The van der Waals surface area contributed by atoms with Gasteiger partial charge in [-0.25, -0.2) is 5.90 Å². The Labute approximate surface area is 173 Å². The summed E-state index contributed by atoms with van der Waals surface area (Å²) in [4.78, 5) is 48.4. The van der Waals surface area contributed by atoms with Crippen LogP contribution < -0.4 is 5.90 Å². The highest BCUT2D eigenvalue weighted by molar-refractivity contribution is 5.48. The van der Waals surface area contributed by atoms with Crippen molar-refractivity contribution in [2.75, 3.05) is 26.2 Å². The van der Waals surface area contributed by atoms with Crippen LogP contribution in [0.3, 0.4) is 0 Å². The van der Waals surface area contributed by atoms with Gasteiger partial charge in [-0.15, -0.1) is 0 Å². The number of hydrogen-bond donors (Lipinski definition) is 2. The van der Waals surface area contributed by atoms with Crippen molar-refractivity contribution in [3.8, 4) is 0 Å². The summed E-state index contributed by atoms with van der Waals surface area (Å²) >= 11 is 0. The van der Waals surface area contributed by atoms with Crippen molar-refractivity contribution in [2.45, 2.75) is 26.1 Å². The lowest BCUT2D eigenvalue weighted by atomic mass is 9.69. The number of nitroso groups, excluding NO2 is 4. The highest BCUT2D eigenvalue weighted by Crippen LogP contribution is 2.44. The molecule has 11 heteroatoms. The van der Waals surface area contributed by atoms with E-state index in [2.05, 4.69) is 20.7 Å². The van der Waals surface area contributed by atoms with Gasteiger partial charge in [-0.05, 0) is 22.3 Å². The van der Waals surface area contributed by atoms with Crippen molar-refractivity contribution in [2.24, 2.45) is 43.9 Å². The van der Waals surface area contributed by atoms with Crippen molar-refractivity contribution in [3.63, 3.8) is 0 Å². The van der Waals surface area contributed by atoms with E-state index in [9.17, 15) is 24.7 Å². The van der Waals surface area contributed by atoms with Crippen molar-refractivity contribution in [1.29, 1.82) is 0 Å². The number of nitrogens with two attached hydrogens (primary N) is 1. The van der Waals surface area contributed by atoms with E-state index in [4.69, 9.17) is 10.7 Å². The average molecular weight is 419 g/mol. The molecule has 30 heavy (non-hydrogen) atoms. The van der Waals surface area contributed by atoms with Crippen LogP contribution in [0.5, 0.6) is 0 Å². The molecule has 11 nitrogen and oxygen atoms in total. The Kier molecular flexibility index (Phi) is 8.09. The van der Waals surface area contributed by atoms with Crippen LogP contribution in [0.1, 0.15) is 13.8 Å². The minimum atomic E-state index is -1.03. The van der Waals surface area contributed by atoms with Gasteiger partial charge in [-0.3, -0.25) is 4.84 Å². The van der Waals surface area contributed by atoms with Crippen LogP contribution in [0.4, 0.5) is 0 Å². The monoisotopic (exact) mass is 419 g/mol. The topological polar surface area (TPSA) is 173 Å². The minimum absolute atomic E-state index is 0.108. The maximum Gasteiger partial charge on any atom is 0.110 e. The van der Waals surface area contributed by atoms with Gasteiger partial charge >= 0.3 is 0 Å². The van der Waals surface area contributed by atoms with Gasteiger partial charge in [0.05, 0.1) is 19.2 Å². The predicted molar refractivity (Wildman–Crippen MR) is 111 cm³/mol. The molecule has 4 atom stereocenters. The molecule has 4 unspecified atom stereocenters. The molecule has 0 aromatic rings. The maximum atomic E-state index is 10.9. The van der Waals surface area contributed by atoms with E-state index < -0.39 is 29.5 Å². The van der Waals surface area contributed by atoms with E-state index in [-0.39, 0.29) is 26.2 Å². The third-order valence-corrected chi connectivity index (χ3v) is 5.66. The SMILES string of the molecule is CC(C)(C1=CC(CN=O)C(O)C(CN=O)=C1)C1=CC(CN=O)C(ON)C(CN=O)=C1. The molecule has 0 heterocycles. The summed E-state index contributed by atoms with van der Waals surface area (Å²) in [6.07, 6.45) is 5.22. The molecule has 2 aliphatic carbocycles. The van der Waals surface area contributed by atoms with E-state index >= 15 is 0 Å². The molecule has 0 radical (unpaired) electrons. The number of aliphatic hydroxyl groups is 1. The molecule has 0 amide bonds. The normalized spacial score (nSPS) is 26.7. The second-order valence-electron chi connectivity index (χ2n) is 7.83. The zero-order chi connectivity index (χ0) is 22.3. The third kappa shape index (κ3) is 4.86. The molecule has 3 N–H and O–H groups in total. The highest BCUT2D eigenvalue weighted by atomic mass is 16.6. The van der Waals surface area contributed by atoms with Gasteiger partial charge in [0.15, 0.2) is 0 Å². The zero-order valence-electron chi connectivity index (χ0n) is 16.8. The minimum Gasteiger partial charge on any atom is -0.388 e. The Hall–Kier alpha value is -2.76. The second-order valence-corrected chi connectivity index (χ2v) is 7.83. The van der Waals surface area contributed by atoms with Crippen LogP contribution in [0.25, 0.3) is 0 Å². The van der Waals surface area contributed by atoms with E-state index in [1.807, 2.05) is 13.8 Å². The van der Waals surface area contributed by atoms with Gasteiger partial charge < -0.3 is 5.11 Å². The Morgan fingerprint density at radius 2 is 1.40 bits per heavy atom. The lowest BCUT2D eigenvalue weighted by Crippen LogP contribution is -2.36. The smallest absolute Gasteiger partial charge is 0.110 e. The first-order valence-electron chi connectivity index (χ1n) is 9.39. The fraction of sp³-hybridized carbons (Fsp3) is 0.579. The third-order valence-electron chi connectivity index (χ3n) is 5.66. The zero-order valence-corrected chi connectivity index (χ0v) is 16.8. The lowest BCUT2D eigenvalue weighted by molar-refractivity contribution is 0.0497. The molecule has 0 fully saturated rings. The fourth-order valence-electron chi connectivity index (χ4n) is 3.88. The first-order valence-corrected chi connectivity index (χ1v) is 9.39. The Morgan fingerprint density at radius 3 is 1.93 bits per heavy atom. The Bertz CT molecular complexity index is 816. The molecule has 2 rings (SSSR count). The van der Waals surface area contributed by atoms with Crippen molar-refractivity contribution in [1.82, 2.24) is 0 Å². The number of hydrogen-bond acceptors (Lipinski definition) is 11. The molecule has 0 aromatic carbocycles. The summed E-state index contributed by atoms with van der Waals surface area (Å²) in [5.74, 6) is 4.28. The van der Waals surface area contributed by atoms with Crippen LogP contribution in [0, 0.1) is 36.9 Å². The summed E-state index contributed by atoms with van der Waals surface area (Å²) in [5, 5.41) is 22.0. The first-order chi connectivity index (χ1) is 14.3. The summed E-state index contributed by atoms with van der Waals surface area (Å²) in [7, 11) is 0. The highest BCUT2D eigenvalue weighted by Gasteiger charge is 2.37. The molecular formula is C19H25N5O6. The van der Waals surface area contributed by atoms with Crippen LogP contribution >= 0.6 is 0 Å². The van der Waals surface area contributed by atoms with Crippen molar-refractivity contribution in [3.05, 3.63) is 66.2 Å². The largest absolute Gasteiger partial charge is 0.388 e. The molecule has 0 saturated carbocycles. The van der Waals surface area contributed by atoms with Gasteiger partial charge in [0.1, 0.15) is 19.2 Å². The fourth-order valence-corrected chi connectivity index (χ4v) is 3.88. The number of nitrogens with zero attached hydrogens (tertiary/aromatic N) is 4. The van der Waals surface area contributed by atoms with Crippen LogP contribution in [0.15, 0.2) is 67.3 Å². The van der Waals surface area contributed by atoms with E-state index in [0.29, 0.717) is 11.1 Å². The summed E-state index contributed by atoms with van der Waals surface area (Å²) in [5.41, 5.74) is 1.68. The summed E-state index contributed by atoms with van der Waals surface area (Å²) in [6.45, 7) is 3.13. The van der Waals surface area contributed by atoms with Gasteiger partial charge in [0.2, 0.25) is 0 Å². The molecule has 0 bridgehead atoms. The first kappa shape index (κ1) is 23.5. The average Bonchev–Trinajstić information content (AvgIpc) is 2.71. The van der Waals surface area contributed by atoms with E-state index in [1.165, 1.54) is 0 Å². The summed E-state index contributed by atoms with van der Waals surface area (Å²) < 4.78 is 0. The molecule has 0 saturated heterocycles. The molecule has 0 aliphatic heterocycles. The predicted octanol–water partition coefficient (Wildman–Crippen LogP) is 2.66. The maximum absolute atomic E-state index is 10.9. The van der Waals surface area contributed by atoms with Gasteiger partial charge in [0.25, 0.3) is 0 Å². The van der Waals surface area contributed by atoms with E-state index in [1.54, 1.807) is 24.3 Å². The molecule has 0 spiro atoms. The van der Waals surface area contributed by atoms with Crippen LogP contribution in [-0.4, -0.2) is 43.5 Å². The van der Waals surface area contributed by atoms with E-state index in [0.717, 1.165) is 11.1 Å². The molecular weight excluding hydrogens is 394 g/mol. The number of rotatable bonds is 11. The van der Waals surface area contributed by atoms with Gasteiger partial charge in [-0.1, -0.05) is 58.9 Å². The Balaban J connectivity index is 2.54.